The van der Waals surface area contributed by atoms with E-state index in [1.165, 1.54) is 0 Å². The molecule has 1 aromatic heterocycles. The molecule has 2 aromatic carbocycles. The number of nitrogens with zero attached hydrogens (tertiary/aromatic N) is 2. The second kappa shape index (κ2) is 8.55. The van der Waals surface area contributed by atoms with Gasteiger partial charge in [0.1, 0.15) is 0 Å². The van der Waals surface area contributed by atoms with Crippen molar-refractivity contribution in [1.82, 2.24) is 10.1 Å². The first-order chi connectivity index (χ1) is 13.0. The van der Waals surface area contributed by atoms with E-state index in [1.807, 2.05) is 38.1 Å². The Balaban J connectivity index is 1.71. The van der Waals surface area contributed by atoms with E-state index >= 15 is 0 Å². The lowest BCUT2D eigenvalue weighted by Gasteiger charge is -2.10. The van der Waals surface area contributed by atoms with E-state index in [2.05, 4.69) is 15.5 Å². The fourth-order valence-corrected chi connectivity index (χ4v) is 3.21. The van der Waals surface area contributed by atoms with Gasteiger partial charge < -0.3 is 9.84 Å². The van der Waals surface area contributed by atoms with Gasteiger partial charge in [0.05, 0.1) is 12.3 Å². The van der Waals surface area contributed by atoms with E-state index in [0.29, 0.717) is 27.4 Å². The summed E-state index contributed by atoms with van der Waals surface area (Å²) in [5, 5.41) is 8.03. The van der Waals surface area contributed by atoms with Gasteiger partial charge in [-0.2, -0.15) is 4.98 Å². The Bertz CT molecular complexity index is 956. The Labute approximate surface area is 167 Å². The monoisotopic (exact) mass is 403 g/mol. The molecule has 1 atom stereocenters. The molecule has 1 heterocycles. The van der Waals surface area contributed by atoms with Gasteiger partial charge in [0.2, 0.25) is 11.8 Å². The summed E-state index contributed by atoms with van der Waals surface area (Å²) in [5.74, 6) is 0.510. The highest BCUT2D eigenvalue weighted by molar-refractivity contribution is 6.31. The number of hydrogen-bond donors (Lipinski definition) is 1. The lowest BCUT2D eigenvalue weighted by Crippen LogP contribution is -2.16. The number of carbonyl (C=O) groups is 1. The molecule has 1 N–H and O–H groups in total. The number of anilines is 1. The average Bonchev–Trinajstić information content (AvgIpc) is 3.08. The van der Waals surface area contributed by atoms with Crippen LogP contribution in [-0.2, 0) is 11.2 Å². The Morgan fingerprint density at radius 1 is 1.22 bits per heavy atom. The van der Waals surface area contributed by atoms with Gasteiger partial charge in [-0.05, 0) is 48.7 Å². The van der Waals surface area contributed by atoms with Crippen LogP contribution in [0.25, 0.3) is 0 Å². The summed E-state index contributed by atoms with van der Waals surface area (Å²) in [5.41, 5.74) is 2.48. The predicted octanol–water partition coefficient (Wildman–Crippen LogP) is 5.41. The van der Waals surface area contributed by atoms with Crippen molar-refractivity contribution in [3.8, 4) is 0 Å². The first-order valence-corrected chi connectivity index (χ1v) is 9.36. The van der Waals surface area contributed by atoms with Crippen LogP contribution in [0, 0.1) is 6.92 Å². The maximum absolute atomic E-state index is 12.3. The first-order valence-electron chi connectivity index (χ1n) is 8.60. The summed E-state index contributed by atoms with van der Waals surface area (Å²) in [4.78, 5) is 16.7. The quantitative estimate of drug-likeness (QED) is 0.597. The van der Waals surface area contributed by atoms with Crippen molar-refractivity contribution >= 4 is 34.8 Å². The van der Waals surface area contributed by atoms with Crippen molar-refractivity contribution in [2.75, 3.05) is 5.32 Å². The average molecular weight is 404 g/mol. The van der Waals surface area contributed by atoms with E-state index in [1.54, 1.807) is 18.2 Å². The van der Waals surface area contributed by atoms with Crippen molar-refractivity contribution in [2.24, 2.45) is 0 Å². The maximum atomic E-state index is 12.3. The molecule has 0 radical (unpaired) electrons. The lowest BCUT2D eigenvalue weighted by molar-refractivity contribution is -0.115. The Morgan fingerprint density at radius 3 is 2.74 bits per heavy atom. The summed E-state index contributed by atoms with van der Waals surface area (Å²) < 4.78 is 5.40. The van der Waals surface area contributed by atoms with Crippen molar-refractivity contribution < 1.29 is 9.32 Å². The third kappa shape index (κ3) is 4.67. The minimum Gasteiger partial charge on any atom is -0.339 e. The molecule has 0 spiro atoms. The molecule has 0 aliphatic heterocycles. The molecule has 3 aromatic rings. The van der Waals surface area contributed by atoms with E-state index in [4.69, 9.17) is 27.7 Å². The number of amides is 1. The van der Waals surface area contributed by atoms with Crippen molar-refractivity contribution in [2.45, 2.75) is 32.6 Å². The predicted molar refractivity (Wildman–Crippen MR) is 106 cm³/mol. The number of hydrogen-bond acceptors (Lipinski definition) is 4. The SMILES string of the molecule is CCC(c1cccc(Cl)c1)c1nc(CC(=O)Nc2cccc(Cl)c2C)no1. The molecular formula is C20H19Cl2N3O2. The van der Waals surface area contributed by atoms with Crippen molar-refractivity contribution in [1.29, 1.82) is 0 Å². The number of rotatable bonds is 6. The molecule has 7 heteroatoms. The van der Waals surface area contributed by atoms with Crippen molar-refractivity contribution in [3.05, 3.63) is 75.4 Å². The molecule has 140 valence electrons. The minimum absolute atomic E-state index is 0.0153. The molecule has 0 saturated carbocycles. The molecule has 3 rings (SSSR count). The van der Waals surface area contributed by atoms with Crippen LogP contribution in [-0.4, -0.2) is 16.0 Å². The van der Waals surface area contributed by atoms with Crippen LogP contribution >= 0.6 is 23.2 Å². The number of carbonyl (C=O) groups excluding carboxylic acids is 1. The van der Waals surface area contributed by atoms with E-state index in [0.717, 1.165) is 17.5 Å². The molecule has 0 aliphatic carbocycles. The topological polar surface area (TPSA) is 68.0 Å². The van der Waals surface area contributed by atoms with Gasteiger partial charge in [0, 0.05) is 15.7 Å². The Morgan fingerprint density at radius 2 is 2.00 bits per heavy atom. The largest absolute Gasteiger partial charge is 0.339 e. The zero-order chi connectivity index (χ0) is 19.4. The van der Waals surface area contributed by atoms with Gasteiger partial charge in [-0.25, -0.2) is 0 Å². The molecule has 0 aliphatic rings. The Kier molecular flexibility index (Phi) is 6.14. The fourth-order valence-electron chi connectivity index (χ4n) is 2.84. The second-order valence-electron chi connectivity index (χ2n) is 6.20. The fraction of sp³-hybridized carbons (Fsp3) is 0.250. The lowest BCUT2D eigenvalue weighted by atomic mass is 9.96. The third-order valence-electron chi connectivity index (χ3n) is 4.30. The van der Waals surface area contributed by atoms with E-state index in [9.17, 15) is 4.79 Å². The molecular weight excluding hydrogens is 385 g/mol. The Hall–Kier alpha value is -2.37. The van der Waals surface area contributed by atoms with Crippen LogP contribution < -0.4 is 5.32 Å². The summed E-state index contributed by atoms with van der Waals surface area (Å²) in [7, 11) is 0. The molecule has 5 nitrogen and oxygen atoms in total. The minimum atomic E-state index is -0.233. The van der Waals surface area contributed by atoms with Gasteiger partial charge in [0.15, 0.2) is 5.82 Å². The molecule has 27 heavy (non-hydrogen) atoms. The zero-order valence-corrected chi connectivity index (χ0v) is 16.5. The summed E-state index contributed by atoms with van der Waals surface area (Å²) in [6.07, 6.45) is 0.789. The second-order valence-corrected chi connectivity index (χ2v) is 7.05. The number of benzene rings is 2. The van der Waals surface area contributed by atoms with Crippen LogP contribution in [0.2, 0.25) is 10.0 Å². The van der Waals surface area contributed by atoms with Gasteiger partial charge in [-0.1, -0.05) is 53.5 Å². The smallest absolute Gasteiger partial charge is 0.234 e. The van der Waals surface area contributed by atoms with Crippen molar-refractivity contribution in [3.63, 3.8) is 0 Å². The van der Waals surface area contributed by atoms with Crippen LogP contribution in [0.1, 0.15) is 42.1 Å². The third-order valence-corrected chi connectivity index (χ3v) is 4.95. The molecule has 1 unspecified atom stereocenters. The van der Waals surface area contributed by atoms with Gasteiger partial charge in [0.25, 0.3) is 0 Å². The summed E-state index contributed by atoms with van der Waals surface area (Å²) >= 11 is 12.2. The van der Waals surface area contributed by atoms with E-state index in [-0.39, 0.29) is 18.2 Å². The number of nitrogens with one attached hydrogen (secondary N) is 1. The molecule has 0 fully saturated rings. The van der Waals surface area contributed by atoms with Crippen LogP contribution in [0.5, 0.6) is 0 Å². The van der Waals surface area contributed by atoms with E-state index < -0.39 is 0 Å². The van der Waals surface area contributed by atoms with Crippen LogP contribution in [0.4, 0.5) is 5.69 Å². The van der Waals surface area contributed by atoms with Gasteiger partial charge in [-0.15, -0.1) is 0 Å². The van der Waals surface area contributed by atoms with Gasteiger partial charge >= 0.3 is 0 Å². The van der Waals surface area contributed by atoms with Crippen LogP contribution in [0.3, 0.4) is 0 Å². The highest BCUT2D eigenvalue weighted by Crippen LogP contribution is 2.28. The number of aromatic nitrogens is 2. The standard InChI is InChI=1S/C20H19Cl2N3O2/c1-3-15(13-6-4-7-14(21)10-13)20-24-18(25-27-20)11-19(26)23-17-9-5-8-16(22)12(17)2/h4-10,15H,3,11H2,1-2H3,(H,23,26). The summed E-state index contributed by atoms with van der Waals surface area (Å²) in [6.45, 7) is 3.88. The zero-order valence-electron chi connectivity index (χ0n) is 15.0. The molecule has 0 bridgehead atoms. The normalized spacial score (nSPS) is 12.0. The number of halogens is 2. The molecule has 0 saturated heterocycles. The maximum Gasteiger partial charge on any atom is 0.234 e. The van der Waals surface area contributed by atoms with Gasteiger partial charge in [-0.3, -0.25) is 4.79 Å². The highest BCUT2D eigenvalue weighted by Gasteiger charge is 2.21. The first kappa shape index (κ1) is 19.4. The molecule has 1 amide bonds. The highest BCUT2D eigenvalue weighted by atomic mass is 35.5. The summed E-state index contributed by atoms with van der Waals surface area (Å²) in [6, 6.07) is 12.9. The van der Waals surface area contributed by atoms with Crippen LogP contribution in [0.15, 0.2) is 47.0 Å².